The van der Waals surface area contributed by atoms with E-state index in [1.807, 2.05) is 0 Å². The lowest BCUT2D eigenvalue weighted by molar-refractivity contribution is 0.0520. The Hall–Kier alpha value is -2.24. The van der Waals surface area contributed by atoms with Gasteiger partial charge in [0.25, 0.3) is 0 Å². The number of imidazole rings is 1. The molecule has 0 bridgehead atoms. The van der Waals surface area contributed by atoms with Gasteiger partial charge in [-0.15, -0.1) is 0 Å². The summed E-state index contributed by atoms with van der Waals surface area (Å²) in [6.07, 6.45) is 8.11. The highest BCUT2D eigenvalue weighted by atomic mass is 16.5. The molecule has 0 N–H and O–H groups in total. The second-order valence-corrected chi connectivity index (χ2v) is 3.35. The summed E-state index contributed by atoms with van der Waals surface area (Å²) >= 11 is 0. The van der Waals surface area contributed by atoms with Crippen molar-refractivity contribution in [3.05, 3.63) is 42.5 Å². The average Bonchev–Trinajstić information content (AvgIpc) is 2.79. The van der Waals surface area contributed by atoms with Crippen molar-refractivity contribution in [2.75, 3.05) is 6.61 Å². The summed E-state index contributed by atoms with van der Waals surface area (Å²) in [5.41, 5.74) is 1.11. The molecule has 0 saturated heterocycles. The summed E-state index contributed by atoms with van der Waals surface area (Å²) in [5, 5.41) is 0. The third-order valence-electron chi connectivity index (χ3n) is 2.08. The van der Waals surface area contributed by atoms with E-state index in [0.29, 0.717) is 18.8 Å². The van der Waals surface area contributed by atoms with Crippen molar-refractivity contribution in [3.63, 3.8) is 0 Å². The van der Waals surface area contributed by atoms with Crippen LogP contribution >= 0.6 is 0 Å². The zero-order valence-electron chi connectivity index (χ0n) is 9.41. The number of esters is 1. The molecule has 6 heteroatoms. The molecule has 0 saturated carbocycles. The van der Waals surface area contributed by atoms with E-state index < -0.39 is 5.97 Å². The molecule has 2 rings (SSSR count). The maximum Gasteiger partial charge on any atom is 0.358 e. The summed E-state index contributed by atoms with van der Waals surface area (Å²) in [6.45, 7) is 2.63. The highest BCUT2D eigenvalue weighted by Gasteiger charge is 2.10. The smallest absolute Gasteiger partial charge is 0.358 e. The second kappa shape index (κ2) is 5.20. The average molecular weight is 232 g/mol. The van der Waals surface area contributed by atoms with Gasteiger partial charge in [-0.3, -0.25) is 9.97 Å². The van der Waals surface area contributed by atoms with E-state index in [0.717, 1.165) is 5.69 Å². The molecule has 17 heavy (non-hydrogen) atoms. The summed E-state index contributed by atoms with van der Waals surface area (Å²) in [5.74, 6) is -0.412. The summed E-state index contributed by atoms with van der Waals surface area (Å²) in [6, 6.07) is 0. The van der Waals surface area contributed by atoms with Gasteiger partial charge in [0.05, 0.1) is 31.4 Å². The predicted octanol–water partition coefficient (Wildman–Crippen LogP) is 0.898. The standard InChI is InChI=1S/C11H12N4O2/c1-2-17-11(16)10-7-15(8-14-10)6-9-5-12-3-4-13-9/h3-5,7-8H,2,6H2,1H3. The van der Waals surface area contributed by atoms with Crippen LogP contribution < -0.4 is 0 Å². The number of carbonyl (C=O) groups is 1. The topological polar surface area (TPSA) is 69.9 Å². The number of aromatic nitrogens is 4. The van der Waals surface area contributed by atoms with Gasteiger partial charge < -0.3 is 9.30 Å². The lowest BCUT2D eigenvalue weighted by Gasteiger charge is -1.99. The van der Waals surface area contributed by atoms with E-state index in [4.69, 9.17) is 4.74 Å². The Labute approximate surface area is 98.3 Å². The first-order chi connectivity index (χ1) is 8.29. The van der Waals surface area contributed by atoms with Gasteiger partial charge in [0.1, 0.15) is 0 Å². The molecular weight excluding hydrogens is 220 g/mol. The Morgan fingerprint density at radius 3 is 3.00 bits per heavy atom. The van der Waals surface area contributed by atoms with Crippen LogP contribution in [-0.2, 0) is 11.3 Å². The van der Waals surface area contributed by atoms with Crippen LogP contribution in [0.25, 0.3) is 0 Å². The van der Waals surface area contributed by atoms with Gasteiger partial charge >= 0.3 is 5.97 Å². The Morgan fingerprint density at radius 1 is 1.41 bits per heavy atom. The number of hydrogen-bond donors (Lipinski definition) is 0. The van der Waals surface area contributed by atoms with Crippen molar-refractivity contribution in [1.82, 2.24) is 19.5 Å². The highest BCUT2D eigenvalue weighted by Crippen LogP contribution is 2.02. The van der Waals surface area contributed by atoms with Crippen molar-refractivity contribution in [1.29, 1.82) is 0 Å². The molecule has 88 valence electrons. The monoisotopic (exact) mass is 232 g/mol. The minimum absolute atomic E-state index is 0.302. The van der Waals surface area contributed by atoms with Gasteiger partial charge in [0, 0.05) is 18.6 Å². The van der Waals surface area contributed by atoms with Gasteiger partial charge in [-0.1, -0.05) is 0 Å². The molecule has 0 aliphatic heterocycles. The second-order valence-electron chi connectivity index (χ2n) is 3.35. The fourth-order valence-electron chi connectivity index (χ4n) is 1.36. The van der Waals surface area contributed by atoms with E-state index in [2.05, 4.69) is 15.0 Å². The molecule has 0 aliphatic carbocycles. The largest absolute Gasteiger partial charge is 0.461 e. The van der Waals surface area contributed by atoms with Gasteiger partial charge in [-0.05, 0) is 6.92 Å². The lowest BCUT2D eigenvalue weighted by atomic mass is 10.4. The highest BCUT2D eigenvalue weighted by molar-refractivity contribution is 5.86. The first-order valence-electron chi connectivity index (χ1n) is 5.23. The van der Waals surface area contributed by atoms with Crippen molar-refractivity contribution < 1.29 is 9.53 Å². The summed E-state index contributed by atoms with van der Waals surface area (Å²) < 4.78 is 6.61. The number of ether oxygens (including phenoxy) is 1. The zero-order chi connectivity index (χ0) is 12.1. The minimum Gasteiger partial charge on any atom is -0.461 e. The summed E-state index contributed by atoms with van der Waals surface area (Å²) in [7, 11) is 0. The van der Waals surface area contributed by atoms with Crippen molar-refractivity contribution >= 4 is 5.97 Å². The predicted molar refractivity (Wildman–Crippen MR) is 59.3 cm³/mol. The lowest BCUT2D eigenvalue weighted by Crippen LogP contribution is -2.05. The van der Waals surface area contributed by atoms with Crippen molar-refractivity contribution in [3.8, 4) is 0 Å². The Morgan fingerprint density at radius 2 is 2.29 bits per heavy atom. The van der Waals surface area contributed by atoms with Crippen LogP contribution in [0.4, 0.5) is 0 Å². The van der Waals surface area contributed by atoms with Crippen LogP contribution in [-0.4, -0.2) is 32.1 Å². The van der Waals surface area contributed by atoms with Crippen LogP contribution in [0.1, 0.15) is 23.1 Å². The molecule has 0 aromatic carbocycles. The zero-order valence-corrected chi connectivity index (χ0v) is 9.41. The van der Waals surface area contributed by atoms with Crippen molar-refractivity contribution in [2.24, 2.45) is 0 Å². The molecule has 2 aromatic rings. The maximum atomic E-state index is 11.4. The molecule has 2 aromatic heterocycles. The molecular formula is C11H12N4O2. The van der Waals surface area contributed by atoms with Crippen LogP contribution in [0.15, 0.2) is 31.1 Å². The fourth-order valence-corrected chi connectivity index (χ4v) is 1.36. The van der Waals surface area contributed by atoms with E-state index in [1.165, 1.54) is 0 Å². The number of hydrogen-bond acceptors (Lipinski definition) is 5. The molecule has 0 amide bonds. The molecule has 0 spiro atoms. The van der Waals surface area contributed by atoms with Gasteiger partial charge in [0.15, 0.2) is 5.69 Å². The molecule has 0 radical (unpaired) electrons. The number of carbonyl (C=O) groups excluding carboxylic acids is 1. The van der Waals surface area contributed by atoms with E-state index in [1.54, 1.807) is 42.6 Å². The van der Waals surface area contributed by atoms with Crippen LogP contribution in [0.2, 0.25) is 0 Å². The molecule has 6 nitrogen and oxygen atoms in total. The van der Waals surface area contributed by atoms with Crippen molar-refractivity contribution in [2.45, 2.75) is 13.5 Å². The van der Waals surface area contributed by atoms with Crippen LogP contribution in [0.5, 0.6) is 0 Å². The third-order valence-corrected chi connectivity index (χ3v) is 2.08. The molecule has 0 atom stereocenters. The Balaban J connectivity index is 2.06. The first kappa shape index (κ1) is 11.3. The van der Waals surface area contributed by atoms with Crippen LogP contribution in [0, 0.1) is 0 Å². The molecule has 0 aliphatic rings. The van der Waals surface area contributed by atoms with E-state index in [-0.39, 0.29) is 0 Å². The SMILES string of the molecule is CCOC(=O)c1cn(Cc2cnccn2)cn1. The third kappa shape index (κ3) is 2.87. The van der Waals surface area contributed by atoms with Gasteiger partial charge in [0.2, 0.25) is 0 Å². The fraction of sp³-hybridized carbons (Fsp3) is 0.273. The molecule has 0 fully saturated rings. The maximum absolute atomic E-state index is 11.4. The van der Waals surface area contributed by atoms with E-state index in [9.17, 15) is 4.79 Å². The quantitative estimate of drug-likeness (QED) is 0.732. The normalized spacial score (nSPS) is 10.2. The first-order valence-corrected chi connectivity index (χ1v) is 5.23. The molecule has 2 heterocycles. The van der Waals surface area contributed by atoms with Gasteiger partial charge in [-0.2, -0.15) is 0 Å². The summed E-state index contributed by atoms with van der Waals surface area (Å²) in [4.78, 5) is 23.5. The van der Waals surface area contributed by atoms with E-state index >= 15 is 0 Å². The van der Waals surface area contributed by atoms with Gasteiger partial charge in [-0.25, -0.2) is 9.78 Å². The minimum atomic E-state index is -0.412. The Bertz CT molecular complexity index is 495. The molecule has 0 unspecified atom stereocenters. The van der Waals surface area contributed by atoms with Crippen LogP contribution in [0.3, 0.4) is 0 Å². The Kier molecular flexibility index (Phi) is 3.44. The number of nitrogens with zero attached hydrogens (tertiary/aromatic N) is 4. The number of rotatable bonds is 4.